The maximum Gasteiger partial charge on any atom is 0.164 e. The van der Waals surface area contributed by atoms with Gasteiger partial charge in [0, 0.05) is 0 Å². The van der Waals surface area contributed by atoms with Crippen LogP contribution in [0.1, 0.15) is 11.6 Å². The van der Waals surface area contributed by atoms with Crippen LogP contribution in [0.15, 0.2) is 0 Å². The minimum absolute atomic E-state index is 0.393. The fraction of sp³-hybridized carbons (Fsp3) is 0.667. The zero-order chi connectivity index (χ0) is 8.27. The average molecular weight is 155 g/mol. The lowest BCUT2D eigenvalue weighted by molar-refractivity contribution is 0.391. The molecule has 0 bridgehead atoms. The topological polar surface area (TPSA) is 70.8 Å². The van der Waals surface area contributed by atoms with E-state index in [2.05, 4.69) is 15.2 Å². The van der Waals surface area contributed by atoms with Gasteiger partial charge in [-0.2, -0.15) is 5.10 Å². The van der Waals surface area contributed by atoms with Crippen molar-refractivity contribution >= 4 is 0 Å². The lowest BCUT2D eigenvalue weighted by Gasteiger charge is -2.04. The normalized spacial score (nSPS) is 10.9. The van der Waals surface area contributed by atoms with Crippen LogP contribution in [0.2, 0.25) is 0 Å². The molecular formula is C6H13N5. The van der Waals surface area contributed by atoms with Gasteiger partial charge in [0.25, 0.3) is 0 Å². The van der Waals surface area contributed by atoms with Crippen LogP contribution < -0.4 is 5.73 Å². The highest BCUT2D eigenvalue weighted by Crippen LogP contribution is 1.93. The zero-order valence-electron chi connectivity index (χ0n) is 6.83. The number of nitrogens with one attached hydrogen (secondary N) is 1. The lowest BCUT2D eigenvalue weighted by Crippen LogP contribution is -2.11. The predicted octanol–water partition coefficient (Wildman–Crippen LogP) is -0.675. The van der Waals surface area contributed by atoms with Gasteiger partial charge < -0.3 is 10.6 Å². The van der Waals surface area contributed by atoms with E-state index < -0.39 is 0 Å². The van der Waals surface area contributed by atoms with Gasteiger partial charge in [-0.1, -0.05) is 0 Å². The molecule has 0 atom stereocenters. The number of H-pyrrole nitrogens is 1. The van der Waals surface area contributed by atoms with Crippen molar-refractivity contribution in [1.82, 2.24) is 20.1 Å². The molecule has 0 aromatic carbocycles. The van der Waals surface area contributed by atoms with Gasteiger partial charge in [0.1, 0.15) is 5.82 Å². The zero-order valence-corrected chi connectivity index (χ0v) is 6.83. The molecule has 0 radical (unpaired) electrons. The Bertz CT molecular complexity index is 217. The van der Waals surface area contributed by atoms with E-state index in [-0.39, 0.29) is 0 Å². The molecule has 3 N–H and O–H groups in total. The van der Waals surface area contributed by atoms with E-state index in [1.807, 2.05) is 19.0 Å². The maximum absolute atomic E-state index is 5.34. The minimum Gasteiger partial charge on any atom is -0.324 e. The average Bonchev–Trinajstić information content (AvgIpc) is 2.34. The van der Waals surface area contributed by atoms with E-state index in [0.717, 1.165) is 12.4 Å². The van der Waals surface area contributed by atoms with Crippen molar-refractivity contribution in [1.29, 1.82) is 0 Å². The third-order valence-electron chi connectivity index (χ3n) is 1.23. The first-order valence-corrected chi connectivity index (χ1v) is 3.47. The first-order chi connectivity index (χ1) is 5.22. The molecule has 0 saturated carbocycles. The van der Waals surface area contributed by atoms with Crippen molar-refractivity contribution in [2.45, 2.75) is 13.1 Å². The molecule has 0 aliphatic carbocycles. The minimum atomic E-state index is 0.393. The Morgan fingerprint density at radius 1 is 1.55 bits per heavy atom. The molecule has 5 nitrogen and oxygen atoms in total. The standard InChI is InChI=1S/C6H13N5/c1-11(2)4-6-8-5(3-7)9-10-6/h3-4,7H2,1-2H3,(H,8,9,10). The second-order valence-electron chi connectivity index (χ2n) is 2.64. The highest BCUT2D eigenvalue weighted by atomic mass is 15.2. The van der Waals surface area contributed by atoms with Crippen molar-refractivity contribution < 1.29 is 0 Å². The molecule has 1 aromatic heterocycles. The lowest BCUT2D eigenvalue weighted by atomic mass is 10.5. The molecule has 0 aliphatic heterocycles. The molecule has 0 amide bonds. The van der Waals surface area contributed by atoms with Gasteiger partial charge >= 0.3 is 0 Å². The van der Waals surface area contributed by atoms with Crippen LogP contribution in [-0.4, -0.2) is 34.2 Å². The van der Waals surface area contributed by atoms with Crippen LogP contribution in [0, 0.1) is 0 Å². The molecule has 1 rings (SSSR count). The van der Waals surface area contributed by atoms with Crippen LogP contribution in [-0.2, 0) is 13.1 Å². The highest BCUT2D eigenvalue weighted by molar-refractivity contribution is 4.88. The second kappa shape index (κ2) is 3.45. The number of hydrogen-bond acceptors (Lipinski definition) is 4. The first-order valence-electron chi connectivity index (χ1n) is 3.47. The van der Waals surface area contributed by atoms with E-state index in [0.29, 0.717) is 12.4 Å². The van der Waals surface area contributed by atoms with Gasteiger partial charge in [-0.3, -0.25) is 5.10 Å². The molecule has 62 valence electrons. The van der Waals surface area contributed by atoms with E-state index in [1.54, 1.807) is 0 Å². The number of aromatic amines is 1. The van der Waals surface area contributed by atoms with E-state index in [1.165, 1.54) is 0 Å². The van der Waals surface area contributed by atoms with Crippen molar-refractivity contribution in [2.24, 2.45) is 5.73 Å². The number of rotatable bonds is 3. The van der Waals surface area contributed by atoms with Crippen molar-refractivity contribution in [3.63, 3.8) is 0 Å². The van der Waals surface area contributed by atoms with Gasteiger partial charge in [-0.05, 0) is 14.1 Å². The molecule has 5 heteroatoms. The second-order valence-corrected chi connectivity index (χ2v) is 2.64. The summed E-state index contributed by atoms with van der Waals surface area (Å²) in [6.07, 6.45) is 0. The third-order valence-corrected chi connectivity index (χ3v) is 1.23. The Balaban J connectivity index is 2.58. The Labute approximate surface area is 65.6 Å². The van der Waals surface area contributed by atoms with Crippen molar-refractivity contribution in [3.8, 4) is 0 Å². The van der Waals surface area contributed by atoms with Gasteiger partial charge in [-0.15, -0.1) is 0 Å². The number of nitrogens with zero attached hydrogens (tertiary/aromatic N) is 3. The van der Waals surface area contributed by atoms with Gasteiger partial charge in [-0.25, -0.2) is 4.98 Å². The summed E-state index contributed by atoms with van der Waals surface area (Å²) in [5.41, 5.74) is 5.34. The molecular weight excluding hydrogens is 142 g/mol. The summed E-state index contributed by atoms with van der Waals surface area (Å²) in [6.45, 7) is 1.16. The van der Waals surface area contributed by atoms with Crippen molar-refractivity contribution in [3.05, 3.63) is 11.6 Å². The van der Waals surface area contributed by atoms with E-state index in [9.17, 15) is 0 Å². The number of aromatic nitrogens is 3. The quantitative estimate of drug-likeness (QED) is 0.607. The summed E-state index contributed by atoms with van der Waals surface area (Å²) in [6, 6.07) is 0. The SMILES string of the molecule is CN(C)Cc1nc(CN)n[nH]1. The molecule has 0 fully saturated rings. The first kappa shape index (κ1) is 8.16. The number of nitrogens with two attached hydrogens (primary N) is 1. The third kappa shape index (κ3) is 2.28. The van der Waals surface area contributed by atoms with Crippen LogP contribution in [0.4, 0.5) is 0 Å². The Kier molecular flexibility index (Phi) is 2.56. The van der Waals surface area contributed by atoms with E-state index in [4.69, 9.17) is 5.73 Å². The molecule has 1 heterocycles. The highest BCUT2D eigenvalue weighted by Gasteiger charge is 2.00. The van der Waals surface area contributed by atoms with Crippen LogP contribution >= 0.6 is 0 Å². The fourth-order valence-corrected chi connectivity index (χ4v) is 0.796. The van der Waals surface area contributed by atoms with Gasteiger partial charge in [0.2, 0.25) is 0 Å². The summed E-state index contributed by atoms with van der Waals surface area (Å²) < 4.78 is 0. The molecule has 0 unspecified atom stereocenters. The largest absolute Gasteiger partial charge is 0.324 e. The summed E-state index contributed by atoms with van der Waals surface area (Å²) >= 11 is 0. The molecule has 11 heavy (non-hydrogen) atoms. The van der Waals surface area contributed by atoms with Crippen LogP contribution in [0.3, 0.4) is 0 Å². The van der Waals surface area contributed by atoms with E-state index >= 15 is 0 Å². The van der Waals surface area contributed by atoms with Crippen molar-refractivity contribution in [2.75, 3.05) is 14.1 Å². The Morgan fingerprint density at radius 2 is 2.27 bits per heavy atom. The summed E-state index contributed by atoms with van der Waals surface area (Å²) in [7, 11) is 3.95. The monoisotopic (exact) mass is 155 g/mol. The Hall–Kier alpha value is -0.940. The molecule has 0 aliphatic rings. The molecule has 0 saturated heterocycles. The molecule has 1 aromatic rings. The summed E-state index contributed by atoms with van der Waals surface area (Å²) in [5, 5.41) is 6.71. The smallest absolute Gasteiger partial charge is 0.164 e. The Morgan fingerprint density at radius 3 is 2.73 bits per heavy atom. The van der Waals surface area contributed by atoms with Gasteiger partial charge in [0.15, 0.2) is 5.82 Å². The van der Waals surface area contributed by atoms with Crippen LogP contribution in [0.5, 0.6) is 0 Å². The van der Waals surface area contributed by atoms with Gasteiger partial charge in [0.05, 0.1) is 13.1 Å². The fourth-order valence-electron chi connectivity index (χ4n) is 0.796. The summed E-state index contributed by atoms with van der Waals surface area (Å²) in [5.74, 6) is 1.53. The maximum atomic E-state index is 5.34. The van der Waals surface area contributed by atoms with Crippen LogP contribution in [0.25, 0.3) is 0 Å². The predicted molar refractivity (Wildman–Crippen MR) is 41.7 cm³/mol. The summed E-state index contributed by atoms with van der Waals surface area (Å²) in [4.78, 5) is 6.15. The molecule has 0 spiro atoms. The number of hydrogen-bond donors (Lipinski definition) is 2.